The number of carbonyl (C=O) groups is 1. The largest absolute Gasteiger partial charge is 0.462 e. The minimum absolute atomic E-state index is 0.280. The summed E-state index contributed by atoms with van der Waals surface area (Å²) in [5.41, 5.74) is 1.33. The Morgan fingerprint density at radius 3 is 2.53 bits per heavy atom. The lowest BCUT2D eigenvalue weighted by atomic mass is 10.1. The lowest BCUT2D eigenvalue weighted by Gasteiger charge is -2.04. The van der Waals surface area contributed by atoms with Gasteiger partial charge in [-0.25, -0.2) is 4.79 Å². The van der Waals surface area contributed by atoms with Crippen molar-refractivity contribution in [3.05, 3.63) is 35.4 Å². The molecule has 0 aliphatic rings. The molecule has 0 spiro atoms. The van der Waals surface area contributed by atoms with Crippen molar-refractivity contribution in [3.63, 3.8) is 0 Å². The highest BCUT2D eigenvalue weighted by molar-refractivity contribution is 5.90. The molecule has 0 radical (unpaired) electrons. The number of esters is 1. The van der Waals surface area contributed by atoms with Crippen LogP contribution >= 0.6 is 0 Å². The van der Waals surface area contributed by atoms with Crippen molar-refractivity contribution in [1.29, 1.82) is 5.41 Å². The van der Waals surface area contributed by atoms with E-state index in [2.05, 4.69) is 6.92 Å². The predicted molar refractivity (Wildman–Crippen MR) is 68.8 cm³/mol. The van der Waals surface area contributed by atoms with Gasteiger partial charge in [-0.1, -0.05) is 38.3 Å². The van der Waals surface area contributed by atoms with Crippen LogP contribution in [0.5, 0.6) is 0 Å². The van der Waals surface area contributed by atoms with Crippen molar-refractivity contribution in [2.45, 2.75) is 32.6 Å². The number of hydrogen-bond acceptors (Lipinski definition) is 3. The van der Waals surface area contributed by atoms with Gasteiger partial charge >= 0.3 is 5.97 Å². The van der Waals surface area contributed by atoms with Crippen molar-refractivity contribution in [2.75, 3.05) is 6.61 Å². The van der Waals surface area contributed by atoms with Crippen molar-refractivity contribution >= 4 is 12.2 Å². The maximum atomic E-state index is 11.6. The van der Waals surface area contributed by atoms with E-state index in [9.17, 15) is 4.79 Å². The molecule has 0 saturated heterocycles. The fraction of sp³-hybridized carbons (Fsp3) is 0.429. The summed E-state index contributed by atoms with van der Waals surface area (Å²) in [6, 6.07) is 6.85. The van der Waals surface area contributed by atoms with Gasteiger partial charge in [0.15, 0.2) is 0 Å². The molecule has 0 unspecified atom stereocenters. The Kier molecular flexibility index (Phi) is 6.00. The number of nitrogens with one attached hydrogen (secondary N) is 1. The van der Waals surface area contributed by atoms with Crippen LogP contribution in [-0.4, -0.2) is 18.8 Å². The molecule has 3 heteroatoms. The fourth-order valence-corrected chi connectivity index (χ4v) is 1.49. The highest BCUT2D eigenvalue weighted by Crippen LogP contribution is 2.06. The summed E-state index contributed by atoms with van der Waals surface area (Å²) >= 11 is 0. The second-order valence-electron chi connectivity index (χ2n) is 3.96. The SMILES string of the molecule is CCCCCCOC(=O)c1ccc(C=N)cc1. The number of ether oxygens (including phenoxy) is 1. The van der Waals surface area contributed by atoms with Crippen LogP contribution < -0.4 is 0 Å². The van der Waals surface area contributed by atoms with Crippen molar-refractivity contribution in [2.24, 2.45) is 0 Å². The summed E-state index contributed by atoms with van der Waals surface area (Å²) in [5.74, 6) is -0.280. The van der Waals surface area contributed by atoms with Gasteiger partial charge in [-0.15, -0.1) is 0 Å². The molecule has 0 aliphatic carbocycles. The van der Waals surface area contributed by atoms with Crippen LogP contribution in [0.2, 0.25) is 0 Å². The minimum Gasteiger partial charge on any atom is -0.462 e. The second-order valence-corrected chi connectivity index (χ2v) is 3.96. The molecular weight excluding hydrogens is 214 g/mol. The normalized spacial score (nSPS) is 9.94. The fourth-order valence-electron chi connectivity index (χ4n) is 1.49. The first-order valence-electron chi connectivity index (χ1n) is 6.05. The molecule has 0 amide bonds. The van der Waals surface area contributed by atoms with E-state index < -0.39 is 0 Å². The highest BCUT2D eigenvalue weighted by Gasteiger charge is 2.05. The molecule has 1 rings (SSSR count). The number of rotatable bonds is 7. The summed E-state index contributed by atoms with van der Waals surface area (Å²) < 4.78 is 5.15. The van der Waals surface area contributed by atoms with Crippen LogP contribution in [0.15, 0.2) is 24.3 Å². The van der Waals surface area contributed by atoms with Crippen LogP contribution in [0, 0.1) is 5.41 Å². The third-order valence-corrected chi connectivity index (χ3v) is 2.54. The molecule has 3 nitrogen and oxygen atoms in total. The average molecular weight is 233 g/mol. The molecular formula is C14H19NO2. The molecule has 0 heterocycles. The van der Waals surface area contributed by atoms with Crippen molar-refractivity contribution in [1.82, 2.24) is 0 Å². The van der Waals surface area contributed by atoms with Gasteiger partial charge in [0, 0.05) is 6.21 Å². The standard InChI is InChI=1S/C14H19NO2/c1-2-3-4-5-10-17-14(16)13-8-6-12(11-15)7-9-13/h6-9,11,15H,2-5,10H2,1H3. The number of hydrogen-bond donors (Lipinski definition) is 1. The van der Waals surface area contributed by atoms with E-state index in [0.717, 1.165) is 18.4 Å². The van der Waals surface area contributed by atoms with Crippen LogP contribution in [0.3, 0.4) is 0 Å². The van der Waals surface area contributed by atoms with Crippen LogP contribution in [0.25, 0.3) is 0 Å². The zero-order valence-corrected chi connectivity index (χ0v) is 10.2. The first-order valence-corrected chi connectivity index (χ1v) is 6.05. The summed E-state index contributed by atoms with van der Waals surface area (Å²) in [6.45, 7) is 2.64. The first kappa shape index (κ1) is 13.4. The number of benzene rings is 1. The van der Waals surface area contributed by atoms with E-state index in [0.29, 0.717) is 12.2 Å². The van der Waals surface area contributed by atoms with E-state index in [-0.39, 0.29) is 5.97 Å². The lowest BCUT2D eigenvalue weighted by Crippen LogP contribution is -2.06. The molecule has 0 bridgehead atoms. The molecule has 0 atom stereocenters. The molecule has 1 N–H and O–H groups in total. The summed E-state index contributed by atoms with van der Waals surface area (Å²) in [7, 11) is 0. The maximum absolute atomic E-state index is 11.6. The van der Waals surface area contributed by atoms with Crippen LogP contribution in [-0.2, 0) is 4.74 Å². The summed E-state index contributed by atoms with van der Waals surface area (Å²) in [6.07, 6.45) is 5.65. The zero-order chi connectivity index (χ0) is 12.5. The van der Waals surface area contributed by atoms with Crippen molar-refractivity contribution < 1.29 is 9.53 Å². The Bertz CT molecular complexity index is 357. The topological polar surface area (TPSA) is 50.2 Å². The molecule has 1 aromatic carbocycles. The summed E-state index contributed by atoms with van der Waals surface area (Å²) in [5, 5.41) is 7.06. The Hall–Kier alpha value is -1.64. The molecule has 0 fully saturated rings. The average Bonchev–Trinajstić information content (AvgIpc) is 2.38. The van der Waals surface area contributed by atoms with Gasteiger partial charge in [-0.05, 0) is 24.1 Å². The van der Waals surface area contributed by atoms with E-state index in [1.165, 1.54) is 19.1 Å². The van der Waals surface area contributed by atoms with Gasteiger partial charge < -0.3 is 10.1 Å². The monoisotopic (exact) mass is 233 g/mol. The van der Waals surface area contributed by atoms with Gasteiger partial charge in [0.25, 0.3) is 0 Å². The zero-order valence-electron chi connectivity index (χ0n) is 10.2. The number of unbranched alkanes of at least 4 members (excludes halogenated alkanes) is 3. The molecule has 0 saturated carbocycles. The maximum Gasteiger partial charge on any atom is 0.338 e. The van der Waals surface area contributed by atoms with Gasteiger partial charge in [0.2, 0.25) is 0 Å². The van der Waals surface area contributed by atoms with E-state index in [1.807, 2.05) is 0 Å². The Morgan fingerprint density at radius 1 is 1.24 bits per heavy atom. The molecule has 0 aliphatic heterocycles. The Balaban J connectivity index is 2.33. The minimum atomic E-state index is -0.280. The Labute approximate surface area is 102 Å². The third-order valence-electron chi connectivity index (χ3n) is 2.54. The molecule has 17 heavy (non-hydrogen) atoms. The molecule has 1 aromatic rings. The number of carbonyl (C=O) groups excluding carboxylic acids is 1. The second kappa shape index (κ2) is 7.60. The quantitative estimate of drug-likeness (QED) is 0.445. The van der Waals surface area contributed by atoms with Gasteiger partial charge in [-0.3, -0.25) is 0 Å². The van der Waals surface area contributed by atoms with Crippen molar-refractivity contribution in [3.8, 4) is 0 Å². The molecule has 0 aromatic heterocycles. The Morgan fingerprint density at radius 2 is 1.94 bits per heavy atom. The van der Waals surface area contributed by atoms with Gasteiger partial charge in [0.05, 0.1) is 12.2 Å². The van der Waals surface area contributed by atoms with Gasteiger partial charge in [-0.2, -0.15) is 0 Å². The van der Waals surface area contributed by atoms with Crippen LogP contribution in [0.1, 0.15) is 48.5 Å². The lowest BCUT2D eigenvalue weighted by molar-refractivity contribution is 0.0498. The smallest absolute Gasteiger partial charge is 0.338 e. The van der Waals surface area contributed by atoms with E-state index in [1.54, 1.807) is 24.3 Å². The summed E-state index contributed by atoms with van der Waals surface area (Å²) in [4.78, 5) is 11.6. The van der Waals surface area contributed by atoms with E-state index >= 15 is 0 Å². The predicted octanol–water partition coefficient (Wildman–Crippen LogP) is 3.42. The van der Waals surface area contributed by atoms with E-state index in [4.69, 9.17) is 10.1 Å². The highest BCUT2D eigenvalue weighted by atomic mass is 16.5. The third kappa shape index (κ3) is 4.81. The van der Waals surface area contributed by atoms with Crippen LogP contribution in [0.4, 0.5) is 0 Å². The first-order chi connectivity index (χ1) is 8.27. The molecule has 92 valence electrons. The van der Waals surface area contributed by atoms with Gasteiger partial charge in [0.1, 0.15) is 0 Å².